The van der Waals surface area contributed by atoms with Crippen molar-refractivity contribution in [1.82, 2.24) is 14.9 Å². The molecule has 0 radical (unpaired) electrons. The summed E-state index contributed by atoms with van der Waals surface area (Å²) < 4.78 is 1.57. The minimum Gasteiger partial charge on any atom is -0.476 e. The summed E-state index contributed by atoms with van der Waals surface area (Å²) in [4.78, 5) is 37.9. The second-order valence-corrected chi connectivity index (χ2v) is 5.34. The molecule has 2 aromatic rings. The van der Waals surface area contributed by atoms with Gasteiger partial charge in [-0.25, -0.2) is 9.78 Å². The lowest BCUT2D eigenvalue weighted by Gasteiger charge is -2.03. The molecular weight excluding hydrogens is 294 g/mol. The molecule has 0 saturated carbocycles. The standard InChI is InChI=1S/C13H13N3O4S/c1-7(17)8-3-10(16(2)5-8)12(18)14-4-11-15-9(6-21-11)13(19)20/h3,5-6H,4H2,1-2H3,(H,14,18)(H,19,20). The highest BCUT2D eigenvalue weighted by molar-refractivity contribution is 7.09. The van der Waals surface area contributed by atoms with Crippen LogP contribution in [0.4, 0.5) is 0 Å². The summed E-state index contributed by atoms with van der Waals surface area (Å²) in [5.74, 6) is -1.56. The van der Waals surface area contributed by atoms with Gasteiger partial charge in [-0.05, 0) is 13.0 Å². The predicted octanol–water partition coefficient (Wildman–Crippen LogP) is 1.31. The summed E-state index contributed by atoms with van der Waals surface area (Å²) in [6.45, 7) is 1.57. The molecule has 110 valence electrons. The molecular formula is C13H13N3O4S. The second kappa shape index (κ2) is 5.88. The fraction of sp³-hybridized carbons (Fsp3) is 0.231. The summed E-state index contributed by atoms with van der Waals surface area (Å²) in [5, 5.41) is 13.3. The number of carboxylic acids is 1. The van der Waals surface area contributed by atoms with Gasteiger partial charge in [0.1, 0.15) is 10.7 Å². The van der Waals surface area contributed by atoms with Crippen molar-refractivity contribution in [2.75, 3.05) is 0 Å². The van der Waals surface area contributed by atoms with Crippen LogP contribution in [0.15, 0.2) is 17.6 Å². The number of nitrogens with one attached hydrogen (secondary N) is 1. The number of amides is 1. The number of carbonyl (C=O) groups is 3. The zero-order chi connectivity index (χ0) is 15.6. The molecule has 0 aliphatic rings. The third kappa shape index (κ3) is 3.34. The summed E-state index contributed by atoms with van der Waals surface area (Å²) in [5.41, 5.74) is 0.780. The maximum atomic E-state index is 12.0. The monoisotopic (exact) mass is 307 g/mol. The van der Waals surface area contributed by atoms with E-state index in [1.165, 1.54) is 18.4 Å². The number of carbonyl (C=O) groups excluding carboxylic acids is 2. The number of carboxylic acid groups (broad SMARTS) is 1. The third-order valence-corrected chi connectivity index (χ3v) is 3.66. The van der Waals surface area contributed by atoms with E-state index in [0.29, 0.717) is 16.3 Å². The molecule has 0 spiro atoms. The van der Waals surface area contributed by atoms with Crippen LogP contribution >= 0.6 is 11.3 Å². The molecule has 1 amide bonds. The Bertz CT molecular complexity index is 717. The average Bonchev–Trinajstić information content (AvgIpc) is 3.02. The normalized spacial score (nSPS) is 10.4. The number of hydrogen-bond donors (Lipinski definition) is 2. The highest BCUT2D eigenvalue weighted by atomic mass is 32.1. The fourth-order valence-corrected chi connectivity index (χ4v) is 2.43. The van der Waals surface area contributed by atoms with Crippen molar-refractivity contribution >= 4 is 29.0 Å². The smallest absolute Gasteiger partial charge is 0.355 e. The van der Waals surface area contributed by atoms with Gasteiger partial charge in [-0.1, -0.05) is 0 Å². The lowest BCUT2D eigenvalue weighted by molar-refractivity contribution is 0.0690. The van der Waals surface area contributed by atoms with Gasteiger partial charge < -0.3 is 15.0 Å². The van der Waals surface area contributed by atoms with Crippen molar-refractivity contribution in [3.63, 3.8) is 0 Å². The summed E-state index contributed by atoms with van der Waals surface area (Å²) >= 11 is 1.16. The van der Waals surface area contributed by atoms with Crippen LogP contribution in [0, 0.1) is 0 Å². The van der Waals surface area contributed by atoms with Crippen LogP contribution in [0.1, 0.15) is 43.3 Å². The van der Waals surface area contributed by atoms with Crippen molar-refractivity contribution in [3.8, 4) is 0 Å². The Kier molecular flexibility index (Phi) is 4.18. The van der Waals surface area contributed by atoms with E-state index in [2.05, 4.69) is 10.3 Å². The molecule has 0 aliphatic carbocycles. The lowest BCUT2D eigenvalue weighted by Crippen LogP contribution is -2.24. The number of aromatic carboxylic acids is 1. The summed E-state index contributed by atoms with van der Waals surface area (Å²) in [7, 11) is 1.67. The first-order valence-corrected chi connectivity index (χ1v) is 6.89. The fourth-order valence-electron chi connectivity index (χ4n) is 1.72. The Morgan fingerprint density at radius 3 is 2.67 bits per heavy atom. The molecule has 2 aromatic heterocycles. The van der Waals surface area contributed by atoms with Crippen LogP contribution in [0.2, 0.25) is 0 Å². The second-order valence-electron chi connectivity index (χ2n) is 4.40. The molecule has 7 nitrogen and oxygen atoms in total. The minimum absolute atomic E-state index is 0.0398. The molecule has 0 unspecified atom stereocenters. The van der Waals surface area contributed by atoms with Crippen LogP contribution < -0.4 is 5.32 Å². The van der Waals surface area contributed by atoms with Crippen LogP contribution in [0.3, 0.4) is 0 Å². The van der Waals surface area contributed by atoms with Gasteiger partial charge in [-0.2, -0.15) is 0 Å². The summed E-state index contributed by atoms with van der Waals surface area (Å²) in [6.07, 6.45) is 1.59. The lowest BCUT2D eigenvalue weighted by atomic mass is 10.2. The molecule has 0 bridgehead atoms. The molecule has 21 heavy (non-hydrogen) atoms. The predicted molar refractivity (Wildman–Crippen MR) is 75.7 cm³/mol. The Labute approximate surface area is 124 Å². The first kappa shape index (κ1) is 14.9. The zero-order valence-electron chi connectivity index (χ0n) is 11.4. The first-order chi connectivity index (χ1) is 9.88. The third-order valence-electron chi connectivity index (χ3n) is 2.82. The van der Waals surface area contributed by atoms with Crippen LogP contribution in [0.25, 0.3) is 0 Å². The van der Waals surface area contributed by atoms with Gasteiger partial charge in [-0.15, -0.1) is 11.3 Å². The van der Waals surface area contributed by atoms with Gasteiger partial charge in [-0.3, -0.25) is 9.59 Å². The number of ketones is 1. The van der Waals surface area contributed by atoms with E-state index in [1.807, 2.05) is 0 Å². The largest absolute Gasteiger partial charge is 0.476 e. The Hall–Kier alpha value is -2.48. The van der Waals surface area contributed by atoms with Crippen LogP contribution in [0.5, 0.6) is 0 Å². The molecule has 2 rings (SSSR count). The molecule has 0 aliphatic heterocycles. The molecule has 0 aromatic carbocycles. The number of aromatic nitrogens is 2. The molecule has 0 atom stereocenters. The van der Waals surface area contributed by atoms with Gasteiger partial charge in [0.15, 0.2) is 11.5 Å². The first-order valence-electron chi connectivity index (χ1n) is 6.01. The Morgan fingerprint density at radius 1 is 1.43 bits per heavy atom. The van der Waals surface area contributed by atoms with Crippen LogP contribution in [-0.4, -0.2) is 32.3 Å². The SMILES string of the molecule is CC(=O)c1cc(C(=O)NCc2nc(C(=O)O)cs2)n(C)c1. The molecule has 0 saturated heterocycles. The van der Waals surface area contributed by atoms with Crippen molar-refractivity contribution in [2.24, 2.45) is 7.05 Å². The maximum Gasteiger partial charge on any atom is 0.355 e. The van der Waals surface area contributed by atoms with Crippen LogP contribution in [-0.2, 0) is 13.6 Å². The molecule has 0 fully saturated rings. The van der Waals surface area contributed by atoms with E-state index < -0.39 is 5.97 Å². The van der Waals surface area contributed by atoms with Gasteiger partial charge in [0.2, 0.25) is 0 Å². The average molecular weight is 307 g/mol. The topological polar surface area (TPSA) is 101 Å². The van der Waals surface area contributed by atoms with Gasteiger partial charge in [0.05, 0.1) is 6.54 Å². The van der Waals surface area contributed by atoms with E-state index in [0.717, 1.165) is 11.3 Å². The van der Waals surface area contributed by atoms with Crippen molar-refractivity contribution in [3.05, 3.63) is 39.6 Å². The van der Waals surface area contributed by atoms with E-state index in [1.54, 1.807) is 17.8 Å². The van der Waals surface area contributed by atoms with Gasteiger partial charge in [0, 0.05) is 24.2 Å². The van der Waals surface area contributed by atoms with Gasteiger partial charge in [0.25, 0.3) is 5.91 Å². The molecule has 2 heterocycles. The number of thiazole rings is 1. The molecule has 8 heteroatoms. The highest BCUT2D eigenvalue weighted by Gasteiger charge is 2.14. The van der Waals surface area contributed by atoms with Crippen molar-refractivity contribution in [2.45, 2.75) is 13.5 Å². The maximum absolute atomic E-state index is 12.0. The number of aryl methyl sites for hydroxylation is 1. The number of hydrogen-bond acceptors (Lipinski definition) is 5. The zero-order valence-corrected chi connectivity index (χ0v) is 12.2. The molecule has 2 N–H and O–H groups in total. The minimum atomic E-state index is -1.10. The Morgan fingerprint density at radius 2 is 2.14 bits per heavy atom. The van der Waals surface area contributed by atoms with Gasteiger partial charge >= 0.3 is 5.97 Å². The van der Waals surface area contributed by atoms with Crippen molar-refractivity contribution in [1.29, 1.82) is 0 Å². The van der Waals surface area contributed by atoms with E-state index in [-0.39, 0.29) is 23.9 Å². The number of rotatable bonds is 5. The van der Waals surface area contributed by atoms with E-state index >= 15 is 0 Å². The van der Waals surface area contributed by atoms with E-state index in [9.17, 15) is 14.4 Å². The number of Topliss-reactive ketones (excluding diaryl/α,β-unsaturated/α-hetero) is 1. The van der Waals surface area contributed by atoms with E-state index in [4.69, 9.17) is 5.11 Å². The van der Waals surface area contributed by atoms with Crippen molar-refractivity contribution < 1.29 is 19.5 Å². The highest BCUT2D eigenvalue weighted by Crippen LogP contribution is 2.11. The quantitative estimate of drug-likeness (QED) is 0.811. The Balaban J connectivity index is 2.04. The number of nitrogens with zero attached hydrogens (tertiary/aromatic N) is 2. The summed E-state index contributed by atoms with van der Waals surface area (Å²) in [6, 6.07) is 1.52.